The van der Waals surface area contributed by atoms with Gasteiger partial charge in [-0.2, -0.15) is 0 Å². The lowest BCUT2D eigenvalue weighted by Gasteiger charge is -2.33. The summed E-state index contributed by atoms with van der Waals surface area (Å²) in [5, 5.41) is 2.99. The highest BCUT2D eigenvalue weighted by Crippen LogP contribution is 2.30. The molecule has 0 fully saturated rings. The molecule has 0 radical (unpaired) electrons. The Morgan fingerprint density at radius 2 is 1.59 bits per heavy atom. The molecule has 0 saturated carbocycles. The van der Waals surface area contributed by atoms with Crippen LogP contribution in [0.15, 0.2) is 83.8 Å². The number of sulfonamides is 1. The molecule has 3 aromatic carbocycles. The molecule has 2 atom stereocenters. The molecule has 3 aromatic rings. The average Bonchev–Trinajstić information content (AvgIpc) is 3.12. The van der Waals surface area contributed by atoms with Crippen molar-refractivity contribution in [3.63, 3.8) is 0 Å². The smallest absolute Gasteiger partial charge is 0.269 e. The predicted molar refractivity (Wildman–Crippen MR) is 148 cm³/mol. The molecule has 9 heteroatoms. The van der Waals surface area contributed by atoms with Gasteiger partial charge in [-0.05, 0) is 49.1 Å². The van der Waals surface area contributed by atoms with Gasteiger partial charge >= 0.3 is 0 Å². The van der Waals surface area contributed by atoms with Gasteiger partial charge in [0, 0.05) is 19.0 Å². The second-order valence-corrected chi connectivity index (χ2v) is 11.6. The first kappa shape index (κ1) is 28.0. The maximum absolute atomic E-state index is 14.0. The van der Waals surface area contributed by atoms with E-state index in [-0.39, 0.29) is 35.4 Å². The van der Waals surface area contributed by atoms with Crippen LogP contribution in [0, 0.1) is 6.92 Å². The number of carbonyl (C=O) groups is 3. The van der Waals surface area contributed by atoms with Crippen molar-refractivity contribution in [2.24, 2.45) is 0 Å². The second kappa shape index (κ2) is 11.8. The minimum absolute atomic E-state index is 0.0334. The van der Waals surface area contributed by atoms with Crippen molar-refractivity contribution in [3.05, 3.63) is 101 Å². The lowest BCUT2D eigenvalue weighted by atomic mass is 10.0. The number of amides is 3. The zero-order valence-electron chi connectivity index (χ0n) is 22.3. The van der Waals surface area contributed by atoms with E-state index in [0.717, 1.165) is 16.7 Å². The number of aryl methyl sites for hydroxylation is 1. The molecular weight excluding hydrogens is 514 g/mol. The number of hydrogen-bond acceptors (Lipinski definition) is 5. The first-order valence-corrected chi connectivity index (χ1v) is 14.4. The van der Waals surface area contributed by atoms with Gasteiger partial charge in [0.15, 0.2) is 0 Å². The third-order valence-corrected chi connectivity index (χ3v) is 8.85. The fourth-order valence-electron chi connectivity index (χ4n) is 4.57. The number of fused-ring (bicyclic) bond motifs is 1. The molecular formula is C30H33N3O5S. The number of nitrogens with one attached hydrogen (secondary N) is 1. The van der Waals surface area contributed by atoms with Gasteiger partial charge in [0.05, 0.1) is 5.56 Å². The summed E-state index contributed by atoms with van der Waals surface area (Å²) in [6, 6.07) is 21.7. The lowest BCUT2D eigenvalue weighted by molar-refractivity contribution is -0.141. The minimum Gasteiger partial charge on any atom is -0.352 e. The average molecular weight is 548 g/mol. The number of nitrogens with zero attached hydrogens (tertiary/aromatic N) is 2. The summed E-state index contributed by atoms with van der Waals surface area (Å²) >= 11 is 0. The van der Waals surface area contributed by atoms with Crippen molar-refractivity contribution in [1.29, 1.82) is 0 Å². The molecule has 39 heavy (non-hydrogen) atoms. The van der Waals surface area contributed by atoms with Crippen LogP contribution in [-0.2, 0) is 32.6 Å². The Hall–Kier alpha value is -3.98. The number of rotatable bonds is 10. The van der Waals surface area contributed by atoms with Gasteiger partial charge in [0.25, 0.3) is 15.9 Å². The van der Waals surface area contributed by atoms with E-state index < -0.39 is 34.4 Å². The highest BCUT2D eigenvalue weighted by molar-refractivity contribution is 7.90. The van der Waals surface area contributed by atoms with Crippen LogP contribution in [0.4, 0.5) is 0 Å². The molecule has 2 unspecified atom stereocenters. The molecule has 1 heterocycles. The quantitative estimate of drug-likeness (QED) is 0.417. The summed E-state index contributed by atoms with van der Waals surface area (Å²) in [4.78, 5) is 42.0. The van der Waals surface area contributed by atoms with Crippen molar-refractivity contribution < 1.29 is 22.8 Å². The van der Waals surface area contributed by atoms with Crippen LogP contribution in [0.2, 0.25) is 0 Å². The van der Waals surface area contributed by atoms with E-state index in [1.165, 1.54) is 23.1 Å². The number of hydrogen-bond donors (Lipinski definition) is 1. The van der Waals surface area contributed by atoms with E-state index in [9.17, 15) is 22.8 Å². The molecule has 0 saturated heterocycles. The molecule has 4 rings (SSSR count). The molecule has 0 aromatic heterocycles. The highest BCUT2D eigenvalue weighted by atomic mass is 32.2. The Labute approximate surface area is 229 Å². The zero-order chi connectivity index (χ0) is 28.2. The lowest BCUT2D eigenvalue weighted by Crippen LogP contribution is -2.54. The van der Waals surface area contributed by atoms with E-state index in [0.29, 0.717) is 10.7 Å². The second-order valence-electron chi connectivity index (χ2n) is 9.78. The van der Waals surface area contributed by atoms with Crippen molar-refractivity contribution in [2.45, 2.75) is 57.1 Å². The Morgan fingerprint density at radius 1 is 0.949 bits per heavy atom. The van der Waals surface area contributed by atoms with Crippen molar-refractivity contribution >= 4 is 27.7 Å². The molecule has 0 spiro atoms. The minimum atomic E-state index is -4.20. The Bertz CT molecular complexity index is 1470. The largest absolute Gasteiger partial charge is 0.352 e. The van der Waals surface area contributed by atoms with E-state index in [4.69, 9.17) is 0 Å². The van der Waals surface area contributed by atoms with Crippen LogP contribution in [0.3, 0.4) is 0 Å². The van der Waals surface area contributed by atoms with Crippen LogP contribution in [0.5, 0.6) is 0 Å². The van der Waals surface area contributed by atoms with Crippen LogP contribution in [0.1, 0.15) is 47.3 Å². The fourth-order valence-corrected chi connectivity index (χ4v) is 6.09. The molecule has 1 N–H and O–H groups in total. The summed E-state index contributed by atoms with van der Waals surface area (Å²) < 4.78 is 27.0. The molecule has 0 bridgehead atoms. The normalized spacial score (nSPS) is 15.4. The van der Waals surface area contributed by atoms with Crippen molar-refractivity contribution in [1.82, 2.24) is 14.5 Å². The summed E-state index contributed by atoms with van der Waals surface area (Å²) in [7, 11) is -4.20. The van der Waals surface area contributed by atoms with Gasteiger partial charge in [-0.15, -0.1) is 0 Å². The number of carbonyl (C=O) groups excluding carboxylic acids is 3. The Kier molecular flexibility index (Phi) is 8.50. The molecule has 3 amide bonds. The van der Waals surface area contributed by atoms with E-state index in [1.807, 2.05) is 75.4 Å². The zero-order valence-corrected chi connectivity index (χ0v) is 23.1. The summed E-state index contributed by atoms with van der Waals surface area (Å²) in [5.74, 6) is -1.73. The first-order chi connectivity index (χ1) is 18.6. The van der Waals surface area contributed by atoms with Gasteiger partial charge in [-0.3, -0.25) is 14.4 Å². The third-order valence-electron chi connectivity index (χ3n) is 7.06. The Morgan fingerprint density at radius 3 is 2.26 bits per heavy atom. The standard InChI is InChI=1S/C30H33N3O5S/c1-4-22(3)31-29(35)26(18-23-13-6-5-7-14-23)32(19-24-15-9-8-12-21(24)2)28(34)20-33-30(36)25-16-10-11-17-27(25)39(33,37)38/h5-17,22,26H,4,18-20H2,1-3H3,(H,31,35). The molecule has 204 valence electrons. The molecule has 8 nitrogen and oxygen atoms in total. The van der Waals surface area contributed by atoms with Gasteiger partial charge in [0.2, 0.25) is 11.8 Å². The monoisotopic (exact) mass is 547 g/mol. The van der Waals surface area contributed by atoms with Crippen LogP contribution in [0.25, 0.3) is 0 Å². The van der Waals surface area contributed by atoms with Crippen LogP contribution >= 0.6 is 0 Å². The molecule has 0 aliphatic carbocycles. The summed E-state index contributed by atoms with van der Waals surface area (Å²) in [6.45, 7) is 5.12. The fraction of sp³-hybridized carbons (Fsp3) is 0.300. The van der Waals surface area contributed by atoms with E-state index in [2.05, 4.69) is 5.32 Å². The number of benzene rings is 3. The SMILES string of the molecule is CCC(C)NC(=O)C(Cc1ccccc1)N(Cc1ccccc1C)C(=O)CN1C(=O)c2ccccc2S1(=O)=O. The van der Waals surface area contributed by atoms with Gasteiger partial charge < -0.3 is 10.2 Å². The van der Waals surface area contributed by atoms with Crippen molar-refractivity contribution in [2.75, 3.05) is 6.54 Å². The van der Waals surface area contributed by atoms with Gasteiger partial charge in [0.1, 0.15) is 17.5 Å². The van der Waals surface area contributed by atoms with Gasteiger partial charge in [-0.25, -0.2) is 12.7 Å². The highest BCUT2D eigenvalue weighted by Gasteiger charge is 2.43. The van der Waals surface area contributed by atoms with E-state index in [1.54, 1.807) is 6.07 Å². The van der Waals surface area contributed by atoms with Crippen LogP contribution < -0.4 is 5.32 Å². The molecule has 1 aliphatic heterocycles. The maximum Gasteiger partial charge on any atom is 0.269 e. The predicted octanol–water partition coefficient (Wildman–Crippen LogP) is 3.69. The topological polar surface area (TPSA) is 104 Å². The maximum atomic E-state index is 14.0. The molecule has 1 aliphatic rings. The summed E-state index contributed by atoms with van der Waals surface area (Å²) in [6.07, 6.45) is 0.927. The first-order valence-electron chi connectivity index (χ1n) is 13.0. The van der Waals surface area contributed by atoms with E-state index >= 15 is 0 Å². The Balaban J connectivity index is 1.73. The third kappa shape index (κ3) is 6.04. The summed E-state index contributed by atoms with van der Waals surface area (Å²) in [5.41, 5.74) is 2.63. The van der Waals surface area contributed by atoms with Crippen molar-refractivity contribution in [3.8, 4) is 0 Å². The van der Waals surface area contributed by atoms with Gasteiger partial charge in [-0.1, -0.05) is 73.7 Å². The van der Waals surface area contributed by atoms with Crippen LogP contribution in [-0.4, -0.2) is 54.0 Å².